The molecule has 14 atom stereocenters. The summed E-state index contributed by atoms with van der Waals surface area (Å²) in [5.41, 5.74) is -1.99. The van der Waals surface area contributed by atoms with E-state index in [1.807, 2.05) is 0 Å². The minimum Gasteiger partial charge on any atom is -0.201 e. The molecule has 18 heteroatoms. The third kappa shape index (κ3) is 5.58. The maximum atomic E-state index is 15.9. The highest BCUT2D eigenvalue weighted by molar-refractivity contribution is 8.07. The van der Waals surface area contributed by atoms with Crippen molar-refractivity contribution < 1.29 is 17.6 Å². The molecule has 7 aliphatic rings. The maximum absolute atomic E-state index is 15.9. The number of allylic oxidation sites excluding steroid dienone is 5. The van der Waals surface area contributed by atoms with E-state index in [9.17, 15) is 52.6 Å². The van der Waals surface area contributed by atoms with Crippen molar-refractivity contribution in [3.05, 3.63) is 33.4 Å². The molecular weight excluding hydrogens is 801 g/mol. The van der Waals surface area contributed by atoms with Gasteiger partial charge in [0.15, 0.2) is 0 Å². The molecule has 4 saturated heterocycles. The molecule has 56 heavy (non-hydrogen) atoms. The van der Waals surface area contributed by atoms with E-state index in [1.54, 1.807) is 72.1 Å². The SMILES string of the molecule is N#CC(C#N)=C1C2CC(C3CC4C(S3)C(=C(C#N)C#N)C(F)(F)C4C(C#N)C#N)SC2C2SC(C3CC4C(=C(C#N)C#N)C(F)(F)C(C(C#N)C#N)C4S3)CC12. The molecule has 4 heterocycles. The summed E-state index contributed by atoms with van der Waals surface area (Å²) in [5.74, 6) is -16.3. The Hall–Kier alpha value is -4.76. The average molecular weight is 825 g/mol. The number of nitriles is 10. The van der Waals surface area contributed by atoms with Gasteiger partial charge in [0.25, 0.3) is 11.8 Å². The van der Waals surface area contributed by atoms with Gasteiger partial charge in [0.1, 0.15) is 65.0 Å². The van der Waals surface area contributed by atoms with E-state index >= 15 is 17.6 Å². The molecule has 0 bridgehead atoms. The van der Waals surface area contributed by atoms with Crippen LogP contribution in [-0.4, -0.2) is 53.8 Å². The van der Waals surface area contributed by atoms with Gasteiger partial charge in [0.2, 0.25) is 0 Å². The molecule has 14 unspecified atom stereocenters. The molecule has 3 aliphatic carbocycles. The lowest BCUT2D eigenvalue weighted by molar-refractivity contribution is -0.0253. The van der Waals surface area contributed by atoms with Gasteiger partial charge in [0, 0.05) is 59.1 Å². The normalized spacial score (nSPS) is 38.8. The Bertz CT molecular complexity index is 2090. The van der Waals surface area contributed by atoms with Crippen molar-refractivity contribution in [1.82, 2.24) is 0 Å². The quantitative estimate of drug-likeness (QED) is 0.208. The number of nitrogens with zero attached hydrogens (tertiary/aromatic N) is 10. The molecule has 0 aromatic carbocycles. The number of thioether (sulfide) groups is 4. The number of alkyl halides is 4. The van der Waals surface area contributed by atoms with Crippen molar-refractivity contribution >= 4 is 47.0 Å². The first-order valence-corrected chi connectivity index (χ1v) is 21.2. The Morgan fingerprint density at radius 3 is 1.34 bits per heavy atom. The molecule has 0 amide bonds. The number of hydrogen-bond acceptors (Lipinski definition) is 14. The van der Waals surface area contributed by atoms with Gasteiger partial charge in [-0.3, -0.25) is 0 Å². The second kappa shape index (κ2) is 14.6. The highest BCUT2D eigenvalue weighted by Gasteiger charge is 2.69. The largest absolute Gasteiger partial charge is 0.278 e. The van der Waals surface area contributed by atoms with E-state index in [4.69, 9.17) is 0 Å². The molecule has 0 radical (unpaired) electrons. The second-order valence-electron chi connectivity index (χ2n) is 14.8. The first-order chi connectivity index (χ1) is 26.8. The number of hydrogen-bond donors (Lipinski definition) is 0. The van der Waals surface area contributed by atoms with Crippen LogP contribution in [0.5, 0.6) is 0 Å². The summed E-state index contributed by atoms with van der Waals surface area (Å²) >= 11 is 5.76. The van der Waals surface area contributed by atoms with Crippen LogP contribution in [0, 0.1) is 161 Å². The monoisotopic (exact) mass is 824 g/mol. The van der Waals surface area contributed by atoms with Crippen LogP contribution in [0.1, 0.15) is 25.7 Å². The predicted molar refractivity (Wildman–Crippen MR) is 194 cm³/mol. The fourth-order valence-electron chi connectivity index (χ4n) is 10.6. The molecule has 278 valence electrons. The molecule has 10 nitrogen and oxygen atoms in total. The van der Waals surface area contributed by atoms with Crippen LogP contribution in [0.3, 0.4) is 0 Å². The number of fused-ring (bicyclic) bond motifs is 5. The van der Waals surface area contributed by atoms with Gasteiger partial charge in [-0.25, -0.2) is 17.6 Å². The predicted octanol–water partition coefficient (Wildman–Crippen LogP) is 6.85. The van der Waals surface area contributed by atoms with E-state index in [0.717, 1.165) is 0 Å². The molecule has 7 fully saturated rings. The Labute approximate surface area is 336 Å². The minimum absolute atomic E-state index is 0.00568. The van der Waals surface area contributed by atoms with Crippen LogP contribution in [0.4, 0.5) is 17.6 Å². The summed E-state index contributed by atoms with van der Waals surface area (Å²) in [7, 11) is 0. The standard InChI is InChI=1S/C38H24F4N10S4/c39-37(40)29(16(7-45)8-46)22-3-26(53-33(22)31(37)18(11-49)12-50)24-1-20-28(15(5-43)6-44)21-2-25(56-36(21)35(20)55-24)27-4-23-30(17(9-47)10-48)38(41,42)32(34(23)54-27)19(13-51)14-52/h16,19-27,29,32-36H,1-4H2. The molecular formula is C38H24F4N10S4. The summed E-state index contributed by atoms with van der Waals surface area (Å²) in [6, 6.07) is 17.2. The number of halogens is 4. The molecule has 0 spiro atoms. The van der Waals surface area contributed by atoms with Gasteiger partial charge in [0.05, 0.1) is 36.1 Å². The van der Waals surface area contributed by atoms with Gasteiger partial charge in [-0.15, -0.1) is 11.8 Å². The Morgan fingerprint density at radius 2 is 0.875 bits per heavy atom. The average Bonchev–Trinajstić information content (AvgIpc) is 4.04. The lowest BCUT2D eigenvalue weighted by Crippen LogP contribution is -2.35. The lowest BCUT2D eigenvalue weighted by atomic mass is 9.80. The zero-order chi connectivity index (χ0) is 40.4. The Morgan fingerprint density at radius 1 is 0.482 bits per heavy atom. The van der Waals surface area contributed by atoms with E-state index < -0.39 is 80.1 Å². The van der Waals surface area contributed by atoms with Gasteiger partial charge in [-0.05, 0) is 49.0 Å². The molecule has 0 aromatic rings. The maximum Gasteiger partial charge on any atom is 0.278 e. The van der Waals surface area contributed by atoms with E-state index in [0.29, 0.717) is 18.4 Å². The van der Waals surface area contributed by atoms with E-state index in [-0.39, 0.29) is 61.8 Å². The van der Waals surface area contributed by atoms with Gasteiger partial charge in [-0.2, -0.15) is 87.9 Å². The van der Waals surface area contributed by atoms with Gasteiger partial charge >= 0.3 is 0 Å². The van der Waals surface area contributed by atoms with Crippen LogP contribution in [0.2, 0.25) is 0 Å². The molecule has 0 aromatic heterocycles. The highest BCUT2D eigenvalue weighted by atomic mass is 32.2. The summed E-state index contributed by atoms with van der Waals surface area (Å²) in [6.07, 6.45) is 1.44. The number of rotatable bonds is 4. The lowest BCUT2D eigenvalue weighted by Gasteiger charge is -2.27. The van der Waals surface area contributed by atoms with Crippen molar-refractivity contribution in [1.29, 1.82) is 52.6 Å². The second-order valence-corrected chi connectivity index (χ2v) is 20.4. The third-order valence-corrected chi connectivity index (χ3v) is 20.3. The smallest absolute Gasteiger partial charge is 0.201 e. The minimum atomic E-state index is -3.71. The topological polar surface area (TPSA) is 238 Å². The van der Waals surface area contributed by atoms with Crippen LogP contribution < -0.4 is 0 Å². The van der Waals surface area contributed by atoms with E-state index in [2.05, 4.69) is 12.1 Å². The van der Waals surface area contributed by atoms with Crippen LogP contribution in [0.25, 0.3) is 0 Å². The van der Waals surface area contributed by atoms with Crippen molar-refractivity contribution in [2.24, 2.45) is 47.3 Å². The van der Waals surface area contributed by atoms with Crippen LogP contribution in [0.15, 0.2) is 33.4 Å². The van der Waals surface area contributed by atoms with Gasteiger partial charge in [-0.1, -0.05) is 0 Å². The summed E-state index contributed by atoms with van der Waals surface area (Å²) in [5, 5.41) is 94.4. The van der Waals surface area contributed by atoms with E-state index in [1.165, 1.54) is 23.5 Å². The van der Waals surface area contributed by atoms with Crippen molar-refractivity contribution in [3.63, 3.8) is 0 Å². The fraction of sp³-hybridized carbons (Fsp3) is 0.579. The van der Waals surface area contributed by atoms with Crippen molar-refractivity contribution in [3.8, 4) is 60.7 Å². The van der Waals surface area contributed by atoms with Crippen LogP contribution in [-0.2, 0) is 0 Å². The summed E-state index contributed by atoms with van der Waals surface area (Å²) in [6.45, 7) is 0. The first-order valence-electron chi connectivity index (χ1n) is 17.4. The molecule has 7 rings (SSSR count). The van der Waals surface area contributed by atoms with Crippen LogP contribution >= 0.6 is 47.0 Å². The zero-order valence-corrected chi connectivity index (χ0v) is 31.9. The highest BCUT2D eigenvalue weighted by Crippen LogP contribution is 2.70. The Balaban J connectivity index is 1.16. The molecule has 3 saturated carbocycles. The third-order valence-electron chi connectivity index (χ3n) is 12.6. The first kappa shape index (κ1) is 39.5. The van der Waals surface area contributed by atoms with Gasteiger partial charge < -0.3 is 0 Å². The van der Waals surface area contributed by atoms with Crippen molar-refractivity contribution in [2.75, 3.05) is 0 Å². The molecule has 0 N–H and O–H groups in total. The fourth-order valence-corrected chi connectivity index (χ4v) is 19.2. The summed E-state index contributed by atoms with van der Waals surface area (Å²) in [4.78, 5) is 0. The summed E-state index contributed by atoms with van der Waals surface area (Å²) < 4.78 is 63.7. The van der Waals surface area contributed by atoms with Crippen molar-refractivity contribution in [2.45, 2.75) is 79.5 Å². The zero-order valence-electron chi connectivity index (χ0n) is 28.7. The molecule has 4 aliphatic heterocycles. The Kier molecular flexibility index (Phi) is 10.3.